The number of fused-ring (bicyclic) bond motifs is 1. The molecule has 2 N–H and O–H groups in total. The number of amides is 1. The van der Waals surface area contributed by atoms with Gasteiger partial charge in [-0.15, -0.1) is 0 Å². The average molecular weight is 590 g/mol. The van der Waals surface area contributed by atoms with Crippen LogP contribution in [0.25, 0.3) is 11.0 Å². The number of halogens is 1. The molecule has 3 aromatic rings. The van der Waals surface area contributed by atoms with Crippen LogP contribution in [0.3, 0.4) is 0 Å². The molecule has 2 aromatic carbocycles. The van der Waals surface area contributed by atoms with Gasteiger partial charge >= 0.3 is 6.09 Å². The Morgan fingerprint density at radius 3 is 2.54 bits per heavy atom. The minimum Gasteiger partial charge on any atom is -0.444 e. The second-order valence-electron chi connectivity index (χ2n) is 11.1. The van der Waals surface area contributed by atoms with Crippen LogP contribution in [0.15, 0.2) is 53.5 Å². The van der Waals surface area contributed by atoms with E-state index in [0.717, 1.165) is 12.3 Å². The highest BCUT2D eigenvalue weighted by Crippen LogP contribution is 2.34. The molecule has 12 nitrogen and oxygen atoms in total. The van der Waals surface area contributed by atoms with Crippen LogP contribution >= 0.6 is 0 Å². The number of hydrogen-bond acceptors (Lipinski definition) is 8. The lowest BCUT2D eigenvalue weighted by Gasteiger charge is -2.34. The van der Waals surface area contributed by atoms with E-state index in [1.54, 1.807) is 20.8 Å². The Labute approximate surface area is 236 Å². The van der Waals surface area contributed by atoms with Gasteiger partial charge in [0.1, 0.15) is 22.4 Å². The number of benzene rings is 2. The van der Waals surface area contributed by atoms with Crippen molar-refractivity contribution in [2.24, 2.45) is 5.92 Å². The van der Waals surface area contributed by atoms with Gasteiger partial charge in [-0.3, -0.25) is 19.6 Å². The highest BCUT2D eigenvalue weighted by Gasteiger charge is 2.38. The molecule has 0 spiro atoms. The van der Waals surface area contributed by atoms with E-state index in [0.29, 0.717) is 31.2 Å². The molecule has 0 radical (unpaired) electrons. The third-order valence-corrected chi connectivity index (χ3v) is 8.78. The summed E-state index contributed by atoms with van der Waals surface area (Å²) < 4.78 is 50.8. The predicted molar refractivity (Wildman–Crippen MR) is 151 cm³/mol. The zero-order valence-electron chi connectivity index (χ0n) is 22.9. The predicted octanol–water partition coefficient (Wildman–Crippen LogP) is 4.34. The molecule has 1 fully saturated rings. The summed E-state index contributed by atoms with van der Waals surface area (Å²) >= 11 is 0. The number of nitro groups is 1. The van der Waals surface area contributed by atoms with Crippen molar-refractivity contribution < 1.29 is 27.3 Å². The molecule has 1 aromatic heterocycles. The summed E-state index contributed by atoms with van der Waals surface area (Å²) in [6.45, 7) is 4.91. The van der Waals surface area contributed by atoms with Gasteiger partial charge in [0.25, 0.3) is 11.2 Å². The lowest BCUT2D eigenvalue weighted by atomic mass is 9.83. The summed E-state index contributed by atoms with van der Waals surface area (Å²) in [7, 11) is -4.33. The Balaban J connectivity index is 1.66. The van der Waals surface area contributed by atoms with Crippen LogP contribution in [0.5, 0.6) is 0 Å². The molecular formula is C27H32FN5O7S. The van der Waals surface area contributed by atoms with E-state index in [9.17, 15) is 32.5 Å². The smallest absolute Gasteiger partial charge is 0.407 e. The number of carbonyl (C=O) groups excluding carboxylic acids is 1. The topological polar surface area (TPSA) is 163 Å². The largest absolute Gasteiger partial charge is 0.444 e. The first-order valence-corrected chi connectivity index (χ1v) is 14.7. The molecule has 1 aliphatic rings. The quantitative estimate of drug-likeness (QED) is 0.290. The van der Waals surface area contributed by atoms with Gasteiger partial charge in [-0.2, -0.15) is 0 Å². The van der Waals surface area contributed by atoms with Crippen molar-refractivity contribution >= 4 is 38.5 Å². The standard InChI is InChI=1S/C27H32FN5O7S/c1-27(2,3)40-26(35)30-19-11-8-17(9-12-19)24(41(38,39)31-21-6-4-5-7-22(21)33(36)37)16-32-23-14-18(28)10-13-20(23)29-15-25(32)34/h4-7,10,13-15,17,19,24,31H,8-9,11-12,16H2,1-3H3,(H,30,35). The van der Waals surface area contributed by atoms with Crippen molar-refractivity contribution in [2.75, 3.05) is 4.72 Å². The number of nitrogens with zero attached hydrogens (tertiary/aromatic N) is 3. The number of nitrogens with one attached hydrogen (secondary N) is 2. The van der Waals surface area contributed by atoms with Crippen LogP contribution in [0.4, 0.5) is 20.6 Å². The monoisotopic (exact) mass is 589 g/mol. The minimum atomic E-state index is -4.33. The average Bonchev–Trinajstić information content (AvgIpc) is 2.87. The Morgan fingerprint density at radius 1 is 1.20 bits per heavy atom. The maximum absolute atomic E-state index is 14.1. The summed E-state index contributed by atoms with van der Waals surface area (Å²) in [6.07, 6.45) is 2.11. The van der Waals surface area contributed by atoms with Gasteiger partial charge in [-0.25, -0.2) is 22.6 Å². The van der Waals surface area contributed by atoms with Crippen molar-refractivity contribution in [3.8, 4) is 0 Å². The number of anilines is 1. The minimum absolute atomic E-state index is 0.128. The van der Waals surface area contributed by atoms with Crippen LogP contribution in [0, 0.1) is 21.8 Å². The number of nitro benzene ring substituents is 1. The third kappa shape index (κ3) is 7.37. The van der Waals surface area contributed by atoms with Gasteiger partial charge in [0.15, 0.2) is 0 Å². The number of hydrogen-bond donors (Lipinski definition) is 2. The van der Waals surface area contributed by atoms with E-state index in [-0.39, 0.29) is 23.8 Å². The van der Waals surface area contributed by atoms with Crippen LogP contribution < -0.4 is 15.6 Å². The Kier molecular flexibility index (Phi) is 8.61. The van der Waals surface area contributed by atoms with Crippen molar-refractivity contribution in [3.63, 3.8) is 0 Å². The first-order valence-electron chi connectivity index (χ1n) is 13.1. The Hall–Kier alpha value is -4.07. The maximum atomic E-state index is 14.1. The molecule has 14 heteroatoms. The normalized spacial score (nSPS) is 18.4. The first-order chi connectivity index (χ1) is 19.2. The fraction of sp³-hybridized carbons (Fsp3) is 0.444. The molecule has 220 valence electrons. The van der Waals surface area contributed by atoms with Crippen LogP contribution in [-0.2, 0) is 21.3 Å². The molecule has 1 saturated carbocycles. The molecule has 0 aliphatic heterocycles. The molecule has 0 saturated heterocycles. The molecule has 1 heterocycles. The van der Waals surface area contributed by atoms with Crippen molar-refractivity contribution in [1.29, 1.82) is 0 Å². The van der Waals surface area contributed by atoms with Gasteiger partial charge in [0.05, 0.1) is 22.2 Å². The lowest BCUT2D eigenvalue weighted by Crippen LogP contribution is -2.45. The van der Waals surface area contributed by atoms with Crippen molar-refractivity contribution in [2.45, 2.75) is 69.9 Å². The number of alkyl carbamates (subject to hydrolysis) is 1. The maximum Gasteiger partial charge on any atom is 0.407 e. The summed E-state index contributed by atoms with van der Waals surface area (Å²) in [5, 5.41) is 13.1. The highest BCUT2D eigenvalue weighted by atomic mass is 32.2. The molecule has 41 heavy (non-hydrogen) atoms. The van der Waals surface area contributed by atoms with E-state index < -0.39 is 54.9 Å². The van der Waals surface area contributed by atoms with Gasteiger partial charge in [0, 0.05) is 18.7 Å². The summed E-state index contributed by atoms with van der Waals surface area (Å²) in [5.41, 5.74) is -1.49. The van der Waals surface area contributed by atoms with Crippen molar-refractivity contribution in [3.05, 3.63) is 74.9 Å². The fourth-order valence-electron chi connectivity index (χ4n) is 5.06. The molecular weight excluding hydrogens is 557 g/mol. The van der Waals surface area contributed by atoms with Crippen LogP contribution in [0.2, 0.25) is 0 Å². The van der Waals surface area contributed by atoms with E-state index in [2.05, 4.69) is 15.0 Å². The van der Waals surface area contributed by atoms with Crippen molar-refractivity contribution in [1.82, 2.24) is 14.9 Å². The SMILES string of the molecule is CC(C)(C)OC(=O)NC1CCC(C(Cn2c(=O)cnc3ccc(F)cc32)S(=O)(=O)Nc2ccccc2[N+](=O)[O-])CC1. The zero-order chi connectivity index (χ0) is 29.9. The number of sulfonamides is 1. The highest BCUT2D eigenvalue weighted by molar-refractivity contribution is 7.93. The Morgan fingerprint density at radius 2 is 1.88 bits per heavy atom. The number of rotatable bonds is 8. The molecule has 1 aliphatic carbocycles. The number of para-hydroxylation sites is 2. The summed E-state index contributed by atoms with van der Waals surface area (Å²) in [6, 6.07) is 8.81. The molecule has 1 unspecified atom stereocenters. The van der Waals surface area contributed by atoms with E-state index in [1.165, 1.54) is 41.0 Å². The number of aromatic nitrogens is 2. The number of carbonyl (C=O) groups is 1. The van der Waals surface area contributed by atoms with E-state index in [4.69, 9.17) is 4.74 Å². The van der Waals surface area contributed by atoms with E-state index in [1.807, 2.05) is 0 Å². The fourth-order valence-corrected chi connectivity index (χ4v) is 6.82. The molecule has 4 rings (SSSR count). The number of ether oxygens (including phenoxy) is 1. The summed E-state index contributed by atoms with van der Waals surface area (Å²) in [5.74, 6) is -1.11. The van der Waals surface area contributed by atoms with Gasteiger partial charge in [-0.1, -0.05) is 12.1 Å². The van der Waals surface area contributed by atoms with Crippen LogP contribution in [0.1, 0.15) is 46.5 Å². The second kappa shape index (κ2) is 11.8. The first kappa shape index (κ1) is 29.9. The molecule has 1 atom stereocenters. The second-order valence-corrected chi connectivity index (χ2v) is 13.0. The molecule has 0 bridgehead atoms. The Bertz CT molecular complexity index is 1610. The van der Waals surface area contributed by atoms with Crippen LogP contribution in [-0.4, -0.2) is 45.9 Å². The lowest BCUT2D eigenvalue weighted by molar-refractivity contribution is -0.383. The van der Waals surface area contributed by atoms with Gasteiger partial charge < -0.3 is 14.6 Å². The zero-order valence-corrected chi connectivity index (χ0v) is 23.7. The van der Waals surface area contributed by atoms with Gasteiger partial charge in [-0.05, 0) is 76.6 Å². The summed E-state index contributed by atoms with van der Waals surface area (Å²) in [4.78, 5) is 40.0. The third-order valence-electron chi connectivity index (χ3n) is 6.94. The van der Waals surface area contributed by atoms with Gasteiger partial charge in [0.2, 0.25) is 10.0 Å². The molecule has 1 amide bonds. The van der Waals surface area contributed by atoms with E-state index >= 15 is 0 Å².